The predicted molar refractivity (Wildman–Crippen MR) is 51.4 cm³/mol. The molecule has 0 saturated heterocycles. The van der Waals surface area contributed by atoms with Crippen LogP contribution in [-0.2, 0) is 24.3 Å². The van der Waals surface area contributed by atoms with Crippen molar-refractivity contribution in [2.45, 2.75) is 39.3 Å². The smallest absolute Gasteiger partial charge is 0.149 e. The summed E-state index contributed by atoms with van der Waals surface area (Å²) in [5, 5.41) is 8.29. The Morgan fingerprint density at radius 2 is 2.36 bits per heavy atom. The van der Waals surface area contributed by atoms with Gasteiger partial charge >= 0.3 is 0 Å². The Labute approximate surface area is 83.4 Å². The van der Waals surface area contributed by atoms with E-state index in [1.807, 2.05) is 6.92 Å². The standard InChI is InChI=1S/C9H16N4O/c1-2-14-10-7-9-12-11-8-5-3-4-6-13(8)9/h10H,2-7H2,1H3. The van der Waals surface area contributed by atoms with E-state index in [0.717, 1.165) is 24.6 Å². The third kappa shape index (κ3) is 1.93. The summed E-state index contributed by atoms with van der Waals surface area (Å²) in [6.45, 7) is 4.31. The van der Waals surface area contributed by atoms with Gasteiger partial charge in [-0.2, -0.15) is 5.48 Å². The molecular formula is C9H16N4O. The second kappa shape index (κ2) is 4.52. The molecule has 0 unspecified atom stereocenters. The molecule has 5 nitrogen and oxygen atoms in total. The topological polar surface area (TPSA) is 52.0 Å². The molecule has 2 heterocycles. The maximum Gasteiger partial charge on any atom is 0.149 e. The van der Waals surface area contributed by atoms with Crippen molar-refractivity contribution < 1.29 is 4.84 Å². The molecule has 0 aromatic carbocycles. The highest BCUT2D eigenvalue weighted by Gasteiger charge is 2.14. The molecule has 0 saturated carbocycles. The van der Waals surface area contributed by atoms with Gasteiger partial charge in [-0.15, -0.1) is 10.2 Å². The van der Waals surface area contributed by atoms with Crippen LogP contribution >= 0.6 is 0 Å². The monoisotopic (exact) mass is 196 g/mol. The van der Waals surface area contributed by atoms with Crippen LogP contribution in [0.3, 0.4) is 0 Å². The van der Waals surface area contributed by atoms with Crippen LogP contribution in [0, 0.1) is 0 Å². The summed E-state index contributed by atoms with van der Waals surface area (Å²) in [6, 6.07) is 0. The van der Waals surface area contributed by atoms with E-state index >= 15 is 0 Å². The summed E-state index contributed by atoms with van der Waals surface area (Å²) in [5.41, 5.74) is 2.86. The molecule has 1 aromatic rings. The third-order valence-corrected chi connectivity index (χ3v) is 2.41. The van der Waals surface area contributed by atoms with Crippen molar-refractivity contribution in [3.05, 3.63) is 11.6 Å². The first-order chi connectivity index (χ1) is 6.92. The molecule has 0 spiro atoms. The maximum absolute atomic E-state index is 5.07. The van der Waals surface area contributed by atoms with Gasteiger partial charge in [-0.25, -0.2) is 0 Å². The van der Waals surface area contributed by atoms with Crippen LogP contribution < -0.4 is 5.48 Å². The summed E-state index contributed by atoms with van der Waals surface area (Å²) >= 11 is 0. The fourth-order valence-corrected chi connectivity index (χ4v) is 1.72. The molecule has 0 atom stereocenters. The van der Waals surface area contributed by atoms with Gasteiger partial charge in [-0.05, 0) is 19.8 Å². The molecule has 78 valence electrons. The lowest BCUT2D eigenvalue weighted by atomic mass is 10.2. The number of hydrogen-bond acceptors (Lipinski definition) is 4. The van der Waals surface area contributed by atoms with Crippen LogP contribution in [0.25, 0.3) is 0 Å². The lowest BCUT2D eigenvalue weighted by Crippen LogP contribution is -2.19. The molecule has 0 amide bonds. The van der Waals surface area contributed by atoms with Crippen LogP contribution in [0.15, 0.2) is 0 Å². The van der Waals surface area contributed by atoms with Gasteiger partial charge in [0.15, 0.2) is 0 Å². The van der Waals surface area contributed by atoms with E-state index in [1.165, 1.54) is 12.8 Å². The average molecular weight is 196 g/mol. The molecular weight excluding hydrogens is 180 g/mol. The van der Waals surface area contributed by atoms with Gasteiger partial charge in [0.05, 0.1) is 13.2 Å². The summed E-state index contributed by atoms with van der Waals surface area (Å²) in [7, 11) is 0. The number of fused-ring (bicyclic) bond motifs is 1. The normalized spacial score (nSPS) is 15.5. The van der Waals surface area contributed by atoms with Crippen LogP contribution in [0.2, 0.25) is 0 Å². The van der Waals surface area contributed by atoms with E-state index in [4.69, 9.17) is 4.84 Å². The van der Waals surface area contributed by atoms with Crippen LogP contribution in [0.5, 0.6) is 0 Å². The van der Waals surface area contributed by atoms with Crippen LogP contribution in [0.4, 0.5) is 0 Å². The fourth-order valence-electron chi connectivity index (χ4n) is 1.72. The molecule has 0 radical (unpaired) electrons. The van der Waals surface area contributed by atoms with Gasteiger partial charge in [0.25, 0.3) is 0 Å². The summed E-state index contributed by atoms with van der Waals surface area (Å²) in [6.07, 6.45) is 3.52. The van der Waals surface area contributed by atoms with Crippen LogP contribution in [0.1, 0.15) is 31.4 Å². The Balaban J connectivity index is 1.99. The largest absolute Gasteiger partial charge is 0.314 e. The lowest BCUT2D eigenvalue weighted by Gasteiger charge is -2.14. The molecule has 14 heavy (non-hydrogen) atoms. The highest BCUT2D eigenvalue weighted by Crippen LogP contribution is 2.13. The molecule has 0 fully saturated rings. The Morgan fingerprint density at radius 1 is 1.43 bits per heavy atom. The van der Waals surface area contributed by atoms with Crippen molar-refractivity contribution in [1.29, 1.82) is 0 Å². The quantitative estimate of drug-likeness (QED) is 0.567. The zero-order valence-corrected chi connectivity index (χ0v) is 8.49. The van der Waals surface area contributed by atoms with E-state index in [0.29, 0.717) is 13.2 Å². The highest BCUT2D eigenvalue weighted by molar-refractivity contribution is 4.98. The zero-order valence-electron chi connectivity index (χ0n) is 8.49. The van der Waals surface area contributed by atoms with E-state index in [2.05, 4.69) is 20.2 Å². The number of aromatic nitrogens is 3. The van der Waals surface area contributed by atoms with Gasteiger partial charge in [-0.1, -0.05) is 0 Å². The Hall–Kier alpha value is -0.940. The van der Waals surface area contributed by atoms with Crippen molar-refractivity contribution in [2.24, 2.45) is 0 Å². The molecule has 0 bridgehead atoms. The first kappa shape index (κ1) is 9.61. The van der Waals surface area contributed by atoms with Gasteiger partial charge in [0, 0.05) is 13.0 Å². The molecule has 1 N–H and O–H groups in total. The number of hydroxylamine groups is 1. The Bertz CT molecular complexity index is 297. The first-order valence-corrected chi connectivity index (χ1v) is 5.17. The Kier molecular flexibility index (Phi) is 3.10. The minimum absolute atomic E-state index is 0.640. The number of rotatable bonds is 4. The molecule has 1 aliphatic rings. The summed E-state index contributed by atoms with van der Waals surface area (Å²) < 4.78 is 2.19. The first-order valence-electron chi connectivity index (χ1n) is 5.17. The second-order valence-electron chi connectivity index (χ2n) is 3.40. The van der Waals surface area contributed by atoms with Crippen molar-refractivity contribution in [1.82, 2.24) is 20.2 Å². The molecule has 0 aliphatic carbocycles. The second-order valence-corrected chi connectivity index (χ2v) is 3.40. The van der Waals surface area contributed by atoms with Crippen LogP contribution in [-0.4, -0.2) is 21.4 Å². The van der Waals surface area contributed by atoms with E-state index in [1.54, 1.807) is 0 Å². The number of nitrogens with zero attached hydrogens (tertiary/aromatic N) is 3. The van der Waals surface area contributed by atoms with E-state index in [-0.39, 0.29) is 0 Å². The van der Waals surface area contributed by atoms with Crippen molar-refractivity contribution >= 4 is 0 Å². The molecule has 5 heteroatoms. The minimum Gasteiger partial charge on any atom is -0.314 e. The number of hydrogen-bond donors (Lipinski definition) is 1. The molecule has 2 rings (SSSR count). The lowest BCUT2D eigenvalue weighted by molar-refractivity contribution is 0.0440. The highest BCUT2D eigenvalue weighted by atomic mass is 16.6. The van der Waals surface area contributed by atoms with Gasteiger partial charge < -0.3 is 9.40 Å². The van der Waals surface area contributed by atoms with E-state index < -0.39 is 0 Å². The van der Waals surface area contributed by atoms with Crippen molar-refractivity contribution in [3.8, 4) is 0 Å². The van der Waals surface area contributed by atoms with Crippen molar-refractivity contribution in [2.75, 3.05) is 6.61 Å². The summed E-state index contributed by atoms with van der Waals surface area (Å²) in [4.78, 5) is 5.07. The maximum atomic E-state index is 5.07. The zero-order chi connectivity index (χ0) is 9.80. The third-order valence-electron chi connectivity index (χ3n) is 2.41. The average Bonchev–Trinajstić information content (AvgIpc) is 2.63. The number of aryl methyl sites for hydroxylation is 1. The Morgan fingerprint density at radius 3 is 3.21 bits per heavy atom. The van der Waals surface area contributed by atoms with Crippen molar-refractivity contribution in [3.63, 3.8) is 0 Å². The van der Waals surface area contributed by atoms with Gasteiger partial charge in [0.1, 0.15) is 11.6 Å². The SMILES string of the molecule is CCONCc1nnc2n1CCCC2. The molecule has 1 aliphatic heterocycles. The van der Waals surface area contributed by atoms with Gasteiger partial charge in [-0.3, -0.25) is 0 Å². The number of nitrogens with one attached hydrogen (secondary N) is 1. The van der Waals surface area contributed by atoms with Gasteiger partial charge in [0.2, 0.25) is 0 Å². The van der Waals surface area contributed by atoms with E-state index in [9.17, 15) is 0 Å². The summed E-state index contributed by atoms with van der Waals surface area (Å²) in [5.74, 6) is 2.10. The predicted octanol–water partition coefficient (Wildman–Crippen LogP) is 0.655. The fraction of sp³-hybridized carbons (Fsp3) is 0.778. The minimum atomic E-state index is 0.640. The molecule has 1 aromatic heterocycles.